The van der Waals surface area contributed by atoms with Crippen LogP contribution in [-0.4, -0.2) is 18.2 Å². The predicted octanol–water partition coefficient (Wildman–Crippen LogP) is 1.43. The number of hydrogen-bond donors (Lipinski definition) is 1. The Hall–Kier alpha value is -1.34. The smallest absolute Gasteiger partial charge is 0.256 e. The standard InChI is InChI=1S/C12H19N3O/c1-3-16-9-5-12-14-6-8-15(12)7-4-11(2)10-13/h6,8,11H,3-5,7,9H2,1-2H3/p+1. The van der Waals surface area contributed by atoms with Gasteiger partial charge >= 0.3 is 0 Å². The molecule has 0 aliphatic rings. The summed E-state index contributed by atoms with van der Waals surface area (Å²) in [4.78, 5) is 3.21. The van der Waals surface area contributed by atoms with Gasteiger partial charge in [0.25, 0.3) is 5.82 Å². The number of rotatable bonds is 7. The van der Waals surface area contributed by atoms with Gasteiger partial charge in [-0.2, -0.15) is 5.26 Å². The highest BCUT2D eigenvalue weighted by molar-refractivity contribution is 4.79. The van der Waals surface area contributed by atoms with Crippen LogP contribution in [0.15, 0.2) is 12.4 Å². The maximum absolute atomic E-state index is 8.72. The van der Waals surface area contributed by atoms with Crippen LogP contribution >= 0.6 is 0 Å². The molecule has 0 saturated carbocycles. The highest BCUT2D eigenvalue weighted by Gasteiger charge is 2.11. The van der Waals surface area contributed by atoms with Crippen molar-refractivity contribution in [1.29, 1.82) is 5.26 Å². The maximum atomic E-state index is 8.72. The summed E-state index contributed by atoms with van der Waals surface area (Å²) in [5.74, 6) is 1.28. The number of ether oxygens (including phenoxy) is 1. The van der Waals surface area contributed by atoms with Gasteiger partial charge in [-0.1, -0.05) is 0 Å². The quantitative estimate of drug-likeness (QED) is 0.560. The second-order valence-electron chi connectivity index (χ2n) is 3.87. The van der Waals surface area contributed by atoms with Gasteiger partial charge < -0.3 is 4.74 Å². The minimum absolute atomic E-state index is 0.113. The molecule has 1 aromatic rings. The Kier molecular flexibility index (Phi) is 5.58. The number of imidazole rings is 1. The lowest BCUT2D eigenvalue weighted by Gasteiger charge is -2.02. The van der Waals surface area contributed by atoms with E-state index in [1.165, 1.54) is 5.82 Å². The Balaban J connectivity index is 2.41. The van der Waals surface area contributed by atoms with Crippen molar-refractivity contribution < 1.29 is 9.30 Å². The second kappa shape index (κ2) is 7.02. The van der Waals surface area contributed by atoms with E-state index in [0.717, 1.165) is 32.6 Å². The van der Waals surface area contributed by atoms with Gasteiger partial charge in [0.15, 0.2) is 0 Å². The highest BCUT2D eigenvalue weighted by Crippen LogP contribution is 1.99. The van der Waals surface area contributed by atoms with Gasteiger partial charge in [-0.15, -0.1) is 0 Å². The third-order valence-corrected chi connectivity index (χ3v) is 2.56. The molecule has 0 amide bonds. The summed E-state index contributed by atoms with van der Waals surface area (Å²) in [5.41, 5.74) is 0. The molecule has 0 saturated heterocycles. The van der Waals surface area contributed by atoms with Crippen molar-refractivity contribution in [3.8, 4) is 6.07 Å². The van der Waals surface area contributed by atoms with Crippen LogP contribution in [0.5, 0.6) is 0 Å². The topological polar surface area (TPSA) is 52.7 Å². The normalized spacial score (nSPS) is 12.3. The molecule has 1 aromatic heterocycles. The van der Waals surface area contributed by atoms with Crippen LogP contribution in [0.2, 0.25) is 0 Å². The zero-order valence-electron chi connectivity index (χ0n) is 10.1. The molecule has 0 fully saturated rings. The number of nitrogens with one attached hydrogen (secondary N) is 1. The number of aromatic nitrogens is 2. The van der Waals surface area contributed by atoms with E-state index in [2.05, 4.69) is 15.6 Å². The molecule has 1 rings (SSSR count). The first-order valence-electron chi connectivity index (χ1n) is 5.81. The number of nitriles is 1. The Bertz CT molecular complexity index is 340. The van der Waals surface area contributed by atoms with Gasteiger partial charge in [0.05, 0.1) is 25.6 Å². The van der Waals surface area contributed by atoms with Crippen molar-refractivity contribution in [1.82, 2.24) is 4.98 Å². The molecule has 4 nitrogen and oxygen atoms in total. The average molecular weight is 222 g/mol. The Labute approximate surface area is 96.9 Å². The summed E-state index contributed by atoms with van der Waals surface area (Å²) in [6.45, 7) is 6.33. The van der Waals surface area contributed by atoms with E-state index in [9.17, 15) is 0 Å². The molecule has 0 aliphatic carbocycles. The zero-order valence-corrected chi connectivity index (χ0v) is 10.1. The molecule has 88 valence electrons. The van der Waals surface area contributed by atoms with E-state index in [-0.39, 0.29) is 5.92 Å². The van der Waals surface area contributed by atoms with Gasteiger partial charge in [0.2, 0.25) is 0 Å². The van der Waals surface area contributed by atoms with Crippen molar-refractivity contribution in [2.75, 3.05) is 13.2 Å². The largest absolute Gasteiger partial charge is 0.381 e. The Morgan fingerprint density at radius 2 is 2.44 bits per heavy atom. The minimum atomic E-state index is 0.113. The fraction of sp³-hybridized carbons (Fsp3) is 0.667. The fourth-order valence-electron chi connectivity index (χ4n) is 1.53. The molecule has 0 radical (unpaired) electrons. The Morgan fingerprint density at radius 1 is 1.62 bits per heavy atom. The molecule has 1 atom stereocenters. The first-order valence-corrected chi connectivity index (χ1v) is 5.81. The first kappa shape index (κ1) is 12.7. The highest BCUT2D eigenvalue weighted by atomic mass is 16.5. The fourth-order valence-corrected chi connectivity index (χ4v) is 1.53. The van der Waals surface area contributed by atoms with E-state index >= 15 is 0 Å². The number of aryl methyl sites for hydroxylation is 1. The van der Waals surface area contributed by atoms with Crippen molar-refractivity contribution in [3.05, 3.63) is 18.2 Å². The molecule has 0 bridgehead atoms. The van der Waals surface area contributed by atoms with Crippen LogP contribution in [0.25, 0.3) is 0 Å². The van der Waals surface area contributed by atoms with Crippen LogP contribution in [0.4, 0.5) is 0 Å². The zero-order chi connectivity index (χ0) is 11.8. The van der Waals surface area contributed by atoms with Crippen LogP contribution in [-0.2, 0) is 17.7 Å². The predicted molar refractivity (Wildman–Crippen MR) is 60.6 cm³/mol. The van der Waals surface area contributed by atoms with Crippen molar-refractivity contribution in [3.63, 3.8) is 0 Å². The molecule has 1 heterocycles. The van der Waals surface area contributed by atoms with E-state index in [1.54, 1.807) is 0 Å². The average Bonchev–Trinajstić information content (AvgIpc) is 2.74. The van der Waals surface area contributed by atoms with Crippen molar-refractivity contribution in [2.24, 2.45) is 5.92 Å². The molecule has 0 aromatic carbocycles. The summed E-state index contributed by atoms with van der Waals surface area (Å²) >= 11 is 0. The number of nitrogens with zero attached hydrogens (tertiary/aromatic N) is 2. The molecular weight excluding hydrogens is 202 g/mol. The summed E-state index contributed by atoms with van der Waals surface area (Å²) in [6.07, 6.45) is 5.73. The van der Waals surface area contributed by atoms with Gasteiger partial charge in [0, 0.05) is 18.9 Å². The lowest BCUT2D eigenvalue weighted by atomic mass is 10.1. The SMILES string of the molecule is CCOCCc1[nH]cc[n+]1CCC(C)C#N. The molecule has 0 aliphatic heterocycles. The summed E-state index contributed by atoms with van der Waals surface area (Å²) in [7, 11) is 0. The minimum Gasteiger partial charge on any atom is -0.381 e. The van der Waals surface area contributed by atoms with Crippen molar-refractivity contribution in [2.45, 2.75) is 33.2 Å². The number of H-pyrrole nitrogens is 1. The van der Waals surface area contributed by atoms with Gasteiger partial charge in [-0.3, -0.25) is 0 Å². The van der Waals surface area contributed by atoms with Gasteiger partial charge in [-0.05, 0) is 13.8 Å². The van der Waals surface area contributed by atoms with Gasteiger partial charge in [-0.25, -0.2) is 9.55 Å². The number of hydrogen-bond acceptors (Lipinski definition) is 2. The van der Waals surface area contributed by atoms with Crippen LogP contribution < -0.4 is 4.57 Å². The lowest BCUT2D eigenvalue weighted by molar-refractivity contribution is -0.703. The summed E-state index contributed by atoms with van der Waals surface area (Å²) in [6, 6.07) is 2.25. The Morgan fingerprint density at radius 3 is 3.12 bits per heavy atom. The number of aromatic amines is 1. The molecule has 1 N–H and O–H groups in total. The molecule has 0 spiro atoms. The third-order valence-electron chi connectivity index (χ3n) is 2.56. The van der Waals surface area contributed by atoms with E-state index in [0.29, 0.717) is 0 Å². The summed E-state index contributed by atoms with van der Waals surface area (Å²) in [5, 5.41) is 8.72. The molecule has 1 unspecified atom stereocenters. The van der Waals surface area contributed by atoms with Crippen LogP contribution in [0.3, 0.4) is 0 Å². The van der Waals surface area contributed by atoms with Gasteiger partial charge in [0.1, 0.15) is 12.4 Å². The van der Waals surface area contributed by atoms with Crippen LogP contribution in [0.1, 0.15) is 26.1 Å². The van der Waals surface area contributed by atoms with Crippen LogP contribution in [0, 0.1) is 17.2 Å². The monoisotopic (exact) mass is 222 g/mol. The van der Waals surface area contributed by atoms with E-state index < -0.39 is 0 Å². The van der Waals surface area contributed by atoms with E-state index in [4.69, 9.17) is 10.00 Å². The maximum Gasteiger partial charge on any atom is 0.256 e. The third kappa shape index (κ3) is 4.03. The lowest BCUT2D eigenvalue weighted by Crippen LogP contribution is -2.37. The molecule has 16 heavy (non-hydrogen) atoms. The molecule has 4 heteroatoms. The molecular formula is C12H20N3O+. The van der Waals surface area contributed by atoms with E-state index in [1.807, 2.05) is 26.2 Å². The summed E-state index contributed by atoms with van der Waals surface area (Å²) < 4.78 is 7.48. The first-order chi connectivity index (χ1) is 7.77. The second-order valence-corrected chi connectivity index (χ2v) is 3.87. The van der Waals surface area contributed by atoms with Crippen molar-refractivity contribution >= 4 is 0 Å².